The van der Waals surface area contributed by atoms with Crippen molar-refractivity contribution in [1.82, 2.24) is 4.57 Å². The van der Waals surface area contributed by atoms with Crippen LogP contribution in [0, 0.1) is 13.8 Å². The first-order chi connectivity index (χ1) is 13.9. The van der Waals surface area contributed by atoms with E-state index in [1.807, 2.05) is 44.6 Å². The molecule has 3 aromatic rings. The van der Waals surface area contributed by atoms with E-state index in [2.05, 4.69) is 46.5 Å². The maximum atomic E-state index is 11.9. The number of esters is 1. The van der Waals surface area contributed by atoms with Crippen LogP contribution in [0.1, 0.15) is 34.2 Å². The van der Waals surface area contributed by atoms with E-state index in [-0.39, 0.29) is 5.97 Å². The molecule has 1 heterocycles. The predicted octanol–water partition coefficient (Wildman–Crippen LogP) is 5.09. The number of nitrogens with zero attached hydrogens (tertiary/aromatic N) is 3. The van der Waals surface area contributed by atoms with Crippen LogP contribution in [0.15, 0.2) is 59.6 Å². The number of ether oxygens (including phenoxy) is 1. The van der Waals surface area contributed by atoms with Crippen molar-refractivity contribution in [3.63, 3.8) is 0 Å². The molecule has 0 saturated heterocycles. The fourth-order valence-corrected chi connectivity index (χ4v) is 3.26. The Bertz CT molecular complexity index is 1010. The maximum absolute atomic E-state index is 11.9. The molecule has 1 aromatic heterocycles. The lowest BCUT2D eigenvalue weighted by Crippen LogP contribution is -2.07. The normalized spacial score (nSPS) is 11.1. The van der Waals surface area contributed by atoms with Gasteiger partial charge in [0.1, 0.15) is 0 Å². The molecule has 0 atom stereocenters. The molecule has 5 nitrogen and oxygen atoms in total. The lowest BCUT2D eigenvalue weighted by molar-refractivity contribution is 0.0526. The Morgan fingerprint density at radius 3 is 2.31 bits per heavy atom. The van der Waals surface area contributed by atoms with Gasteiger partial charge in [0.2, 0.25) is 0 Å². The molecule has 0 radical (unpaired) electrons. The van der Waals surface area contributed by atoms with Crippen molar-refractivity contribution in [2.45, 2.75) is 20.8 Å². The van der Waals surface area contributed by atoms with Crippen LogP contribution in [0.5, 0.6) is 0 Å². The molecule has 3 rings (SSSR count). The third kappa shape index (κ3) is 4.57. The molecule has 0 saturated carbocycles. The van der Waals surface area contributed by atoms with E-state index < -0.39 is 0 Å². The molecular weight excluding hydrogens is 362 g/mol. The Balaban J connectivity index is 1.84. The van der Waals surface area contributed by atoms with Crippen LogP contribution >= 0.6 is 0 Å². The number of aliphatic imine (C=N–C) groups is 1. The summed E-state index contributed by atoms with van der Waals surface area (Å²) in [4.78, 5) is 18.5. The molecule has 0 spiro atoms. The third-order valence-electron chi connectivity index (χ3n) is 4.83. The molecule has 150 valence electrons. The summed E-state index contributed by atoms with van der Waals surface area (Å²) in [5.41, 5.74) is 6.89. The molecule has 0 aliphatic rings. The SMILES string of the molecule is CCOC(=O)c1ccc(-n2c(C)cc(C=Nc3ccc(N(C)C)cc3)c2C)cc1. The fourth-order valence-electron chi connectivity index (χ4n) is 3.26. The van der Waals surface area contributed by atoms with Crippen LogP contribution < -0.4 is 4.90 Å². The summed E-state index contributed by atoms with van der Waals surface area (Å²) in [5.74, 6) is -0.298. The van der Waals surface area contributed by atoms with Crippen LogP contribution in [0.2, 0.25) is 0 Å². The number of aromatic nitrogens is 1. The van der Waals surface area contributed by atoms with Crippen LogP contribution in [0.4, 0.5) is 11.4 Å². The maximum Gasteiger partial charge on any atom is 0.338 e. The summed E-state index contributed by atoms with van der Waals surface area (Å²) in [7, 11) is 4.04. The number of anilines is 1. The van der Waals surface area contributed by atoms with Gasteiger partial charge in [-0.2, -0.15) is 0 Å². The van der Waals surface area contributed by atoms with E-state index in [9.17, 15) is 4.79 Å². The van der Waals surface area contributed by atoms with Gasteiger partial charge in [-0.1, -0.05) is 0 Å². The van der Waals surface area contributed by atoms with Crippen LogP contribution in [-0.4, -0.2) is 37.5 Å². The molecule has 2 aromatic carbocycles. The minimum Gasteiger partial charge on any atom is -0.462 e. The number of carbonyl (C=O) groups is 1. The first kappa shape index (κ1) is 20.4. The topological polar surface area (TPSA) is 46.8 Å². The Hall–Kier alpha value is -3.34. The van der Waals surface area contributed by atoms with Crippen molar-refractivity contribution in [3.05, 3.63) is 77.1 Å². The van der Waals surface area contributed by atoms with Crippen molar-refractivity contribution in [1.29, 1.82) is 0 Å². The Labute approximate surface area is 172 Å². The van der Waals surface area contributed by atoms with Gasteiger partial charge in [0, 0.05) is 48.6 Å². The number of aryl methyl sites for hydroxylation is 1. The van der Waals surface area contributed by atoms with E-state index in [1.165, 1.54) is 0 Å². The van der Waals surface area contributed by atoms with Gasteiger partial charge in [-0.05, 0) is 75.4 Å². The number of benzene rings is 2. The van der Waals surface area contributed by atoms with Gasteiger partial charge in [0.05, 0.1) is 17.9 Å². The lowest BCUT2D eigenvalue weighted by atomic mass is 10.2. The van der Waals surface area contributed by atoms with Crippen molar-refractivity contribution in [2.24, 2.45) is 4.99 Å². The highest BCUT2D eigenvalue weighted by molar-refractivity contribution is 5.89. The van der Waals surface area contributed by atoms with Gasteiger partial charge >= 0.3 is 5.97 Å². The van der Waals surface area contributed by atoms with Gasteiger partial charge in [0.25, 0.3) is 0 Å². The van der Waals surface area contributed by atoms with E-state index in [0.29, 0.717) is 12.2 Å². The molecule has 0 N–H and O–H groups in total. The second-order valence-corrected chi connectivity index (χ2v) is 7.10. The first-order valence-corrected chi connectivity index (χ1v) is 9.68. The summed E-state index contributed by atoms with van der Waals surface area (Å²) in [6.07, 6.45) is 1.90. The van der Waals surface area contributed by atoms with Gasteiger partial charge in [-0.3, -0.25) is 4.99 Å². The van der Waals surface area contributed by atoms with Crippen LogP contribution in [-0.2, 0) is 4.74 Å². The predicted molar refractivity (Wildman–Crippen MR) is 119 cm³/mol. The molecule has 0 unspecified atom stereocenters. The first-order valence-electron chi connectivity index (χ1n) is 9.68. The minimum atomic E-state index is -0.298. The average molecular weight is 389 g/mol. The quantitative estimate of drug-likeness (QED) is 0.436. The molecular formula is C24H27N3O2. The molecule has 0 aliphatic carbocycles. The van der Waals surface area contributed by atoms with E-state index in [1.54, 1.807) is 19.1 Å². The zero-order valence-electron chi connectivity index (χ0n) is 17.6. The van der Waals surface area contributed by atoms with Gasteiger partial charge in [-0.15, -0.1) is 0 Å². The van der Waals surface area contributed by atoms with Gasteiger partial charge in [0.15, 0.2) is 0 Å². The summed E-state index contributed by atoms with van der Waals surface area (Å²) in [6, 6.07) is 17.7. The average Bonchev–Trinajstić information content (AvgIpc) is 3.00. The Kier molecular flexibility index (Phi) is 6.17. The molecule has 0 aliphatic heterocycles. The zero-order valence-corrected chi connectivity index (χ0v) is 17.6. The van der Waals surface area contributed by atoms with Gasteiger partial charge in [-0.25, -0.2) is 4.79 Å². The zero-order chi connectivity index (χ0) is 21.0. The number of hydrogen-bond donors (Lipinski definition) is 0. The van der Waals surface area contributed by atoms with Crippen LogP contribution in [0.25, 0.3) is 5.69 Å². The summed E-state index contributed by atoms with van der Waals surface area (Å²) in [5, 5.41) is 0. The highest BCUT2D eigenvalue weighted by atomic mass is 16.5. The smallest absolute Gasteiger partial charge is 0.338 e. The van der Waals surface area contributed by atoms with Crippen molar-refractivity contribution >= 4 is 23.6 Å². The fraction of sp³-hybridized carbons (Fsp3) is 0.250. The minimum absolute atomic E-state index is 0.298. The standard InChI is InChI=1S/C24H27N3O2/c1-6-29-24(28)19-7-11-23(12-8-19)27-17(2)15-20(18(27)3)16-25-21-9-13-22(14-10-21)26(4)5/h7-16H,6H2,1-5H3. The van der Waals surface area contributed by atoms with Gasteiger partial charge < -0.3 is 14.2 Å². The second kappa shape index (κ2) is 8.78. The summed E-state index contributed by atoms with van der Waals surface area (Å²) in [6.45, 7) is 6.31. The van der Waals surface area contributed by atoms with Crippen molar-refractivity contribution in [3.8, 4) is 5.69 Å². The molecule has 29 heavy (non-hydrogen) atoms. The number of rotatable bonds is 6. The molecule has 0 amide bonds. The monoisotopic (exact) mass is 389 g/mol. The molecule has 0 fully saturated rings. The summed E-state index contributed by atoms with van der Waals surface area (Å²) < 4.78 is 7.21. The highest BCUT2D eigenvalue weighted by Crippen LogP contribution is 2.22. The van der Waals surface area contributed by atoms with E-state index in [4.69, 9.17) is 4.74 Å². The Morgan fingerprint density at radius 1 is 1.07 bits per heavy atom. The van der Waals surface area contributed by atoms with Crippen molar-refractivity contribution < 1.29 is 9.53 Å². The largest absolute Gasteiger partial charge is 0.462 e. The number of hydrogen-bond acceptors (Lipinski definition) is 4. The van der Waals surface area contributed by atoms with Crippen LogP contribution in [0.3, 0.4) is 0 Å². The molecule has 0 bridgehead atoms. The lowest BCUT2D eigenvalue weighted by Gasteiger charge is -2.11. The number of carbonyl (C=O) groups excluding carboxylic acids is 1. The second-order valence-electron chi connectivity index (χ2n) is 7.10. The third-order valence-corrected chi connectivity index (χ3v) is 4.83. The van der Waals surface area contributed by atoms with E-state index >= 15 is 0 Å². The highest BCUT2D eigenvalue weighted by Gasteiger charge is 2.11. The molecule has 5 heteroatoms. The van der Waals surface area contributed by atoms with Crippen molar-refractivity contribution in [2.75, 3.05) is 25.6 Å². The Morgan fingerprint density at radius 2 is 1.72 bits per heavy atom. The summed E-state index contributed by atoms with van der Waals surface area (Å²) >= 11 is 0. The van der Waals surface area contributed by atoms with E-state index in [0.717, 1.165) is 34.0 Å².